The lowest BCUT2D eigenvalue weighted by atomic mass is 10.0. The van der Waals surface area contributed by atoms with Crippen LogP contribution in [0.15, 0.2) is 69.1 Å². The number of hydrogen-bond donors (Lipinski definition) is 0. The molecule has 0 fully saturated rings. The first kappa shape index (κ1) is 21.2. The van der Waals surface area contributed by atoms with Crippen molar-refractivity contribution in [3.8, 4) is 0 Å². The first-order chi connectivity index (χ1) is 13.8. The van der Waals surface area contributed by atoms with Crippen LogP contribution in [0.5, 0.6) is 0 Å². The van der Waals surface area contributed by atoms with Crippen molar-refractivity contribution in [2.24, 2.45) is 9.98 Å². The second-order valence-electron chi connectivity index (χ2n) is 7.54. The largest absolute Gasteiger partial charge is 0.253 e. The molecule has 0 spiro atoms. The van der Waals surface area contributed by atoms with E-state index in [-0.39, 0.29) is 0 Å². The van der Waals surface area contributed by atoms with Crippen molar-refractivity contribution in [3.05, 3.63) is 92.5 Å². The van der Waals surface area contributed by atoms with Crippen LogP contribution >= 0.6 is 15.9 Å². The average molecular weight is 447 g/mol. The van der Waals surface area contributed by atoms with Crippen molar-refractivity contribution in [1.29, 1.82) is 0 Å². The number of benzene rings is 3. The Hall–Kier alpha value is -2.52. The maximum absolute atomic E-state index is 4.95. The maximum atomic E-state index is 4.95. The van der Waals surface area contributed by atoms with Crippen molar-refractivity contribution in [1.82, 2.24) is 0 Å². The molecule has 0 aliphatic carbocycles. The van der Waals surface area contributed by atoms with Crippen molar-refractivity contribution >= 4 is 38.7 Å². The zero-order valence-corrected chi connectivity index (χ0v) is 19.6. The third-order valence-electron chi connectivity index (χ3n) is 5.22. The predicted octanol–water partition coefficient (Wildman–Crippen LogP) is 7.96. The van der Waals surface area contributed by atoms with E-state index in [1.54, 1.807) is 0 Å². The van der Waals surface area contributed by atoms with Gasteiger partial charge in [0, 0.05) is 27.0 Å². The van der Waals surface area contributed by atoms with E-state index in [4.69, 9.17) is 9.98 Å². The van der Waals surface area contributed by atoms with Crippen LogP contribution in [-0.4, -0.2) is 11.4 Å². The van der Waals surface area contributed by atoms with E-state index >= 15 is 0 Å². The fourth-order valence-electron chi connectivity index (χ4n) is 3.51. The lowest BCUT2D eigenvalue weighted by Crippen LogP contribution is -2.03. The van der Waals surface area contributed by atoms with Gasteiger partial charge in [0.2, 0.25) is 0 Å². The second-order valence-corrected chi connectivity index (χ2v) is 8.34. The quantitative estimate of drug-likeness (QED) is 0.363. The van der Waals surface area contributed by atoms with E-state index in [0.717, 1.165) is 38.4 Å². The Bertz CT molecular complexity index is 997. The summed E-state index contributed by atoms with van der Waals surface area (Å²) in [5.41, 5.74) is 11.0. The molecular formula is C26H27BrN2. The maximum Gasteiger partial charge on any atom is 0.0691 e. The summed E-state index contributed by atoms with van der Waals surface area (Å²) in [6.45, 7) is 12.5. The Morgan fingerprint density at radius 2 is 0.897 bits per heavy atom. The van der Waals surface area contributed by atoms with Crippen molar-refractivity contribution < 1.29 is 0 Å². The van der Waals surface area contributed by atoms with E-state index in [2.05, 4.69) is 112 Å². The highest BCUT2D eigenvalue weighted by atomic mass is 79.9. The van der Waals surface area contributed by atoms with Crippen molar-refractivity contribution in [2.75, 3.05) is 0 Å². The van der Waals surface area contributed by atoms with Crippen LogP contribution in [0.4, 0.5) is 11.4 Å². The molecule has 3 aromatic rings. The molecule has 148 valence electrons. The minimum absolute atomic E-state index is 0.982. The highest BCUT2D eigenvalue weighted by Crippen LogP contribution is 2.29. The standard InChI is InChI=1S/C26H27BrN2/c1-16-10-7-11-17(2)25(16)28-20(5)22-14-9-15-23(24(22)27)21(6)29-26-18(3)12-8-13-19(26)4/h7-15H,1-6H3. The number of halogens is 1. The number of aryl methyl sites for hydroxylation is 4. The zero-order chi connectivity index (χ0) is 21.1. The molecule has 3 aromatic carbocycles. The minimum atomic E-state index is 0.982. The summed E-state index contributed by atoms with van der Waals surface area (Å²) in [5.74, 6) is 0. The van der Waals surface area contributed by atoms with E-state index in [0.29, 0.717) is 0 Å². The lowest BCUT2D eigenvalue weighted by molar-refractivity contribution is 1.31. The summed E-state index contributed by atoms with van der Waals surface area (Å²) in [7, 11) is 0. The topological polar surface area (TPSA) is 24.7 Å². The van der Waals surface area contributed by atoms with Gasteiger partial charge in [0.05, 0.1) is 11.4 Å². The van der Waals surface area contributed by atoms with Gasteiger partial charge in [-0.1, -0.05) is 54.6 Å². The van der Waals surface area contributed by atoms with Crippen LogP contribution in [0.2, 0.25) is 0 Å². The number of aliphatic imine (C=N–C) groups is 2. The minimum Gasteiger partial charge on any atom is -0.253 e. The van der Waals surface area contributed by atoms with Crippen LogP contribution in [-0.2, 0) is 0 Å². The first-order valence-electron chi connectivity index (χ1n) is 9.82. The Kier molecular flexibility index (Phi) is 6.49. The van der Waals surface area contributed by atoms with Gasteiger partial charge in [-0.05, 0) is 79.7 Å². The molecule has 3 heteroatoms. The highest BCUT2D eigenvalue weighted by Gasteiger charge is 2.12. The van der Waals surface area contributed by atoms with Crippen molar-refractivity contribution in [3.63, 3.8) is 0 Å². The number of rotatable bonds is 4. The molecule has 0 saturated carbocycles. The molecule has 0 atom stereocenters. The third kappa shape index (κ3) is 4.56. The zero-order valence-electron chi connectivity index (χ0n) is 18.0. The lowest BCUT2D eigenvalue weighted by Gasteiger charge is -2.12. The summed E-state index contributed by atoms with van der Waals surface area (Å²) in [6.07, 6.45) is 0. The molecule has 3 rings (SSSR count). The number of para-hydroxylation sites is 2. The predicted molar refractivity (Wildman–Crippen MR) is 130 cm³/mol. The molecule has 0 aliphatic rings. The smallest absolute Gasteiger partial charge is 0.0691 e. The molecule has 0 N–H and O–H groups in total. The molecule has 29 heavy (non-hydrogen) atoms. The van der Waals surface area contributed by atoms with Crippen LogP contribution in [0, 0.1) is 27.7 Å². The summed E-state index contributed by atoms with van der Waals surface area (Å²) in [6, 6.07) is 18.8. The van der Waals surface area contributed by atoms with E-state index in [1.165, 1.54) is 22.3 Å². The summed E-state index contributed by atoms with van der Waals surface area (Å²) in [4.78, 5) is 9.90. The van der Waals surface area contributed by atoms with Gasteiger partial charge in [-0.15, -0.1) is 0 Å². The summed E-state index contributed by atoms with van der Waals surface area (Å²) < 4.78 is 1.03. The SMILES string of the molecule is CC(=Nc1c(C)cccc1C)c1cccc(C(C)=Nc2c(C)cccc2C)c1Br. The Labute approximate surface area is 182 Å². The molecule has 0 aliphatic heterocycles. The van der Waals surface area contributed by atoms with Crippen LogP contribution in [0.3, 0.4) is 0 Å². The monoisotopic (exact) mass is 446 g/mol. The molecule has 0 saturated heterocycles. The second kappa shape index (κ2) is 8.87. The van der Waals surface area contributed by atoms with Gasteiger partial charge in [0.1, 0.15) is 0 Å². The molecule has 0 amide bonds. The third-order valence-corrected chi connectivity index (χ3v) is 6.07. The fourth-order valence-corrected chi connectivity index (χ4v) is 4.35. The van der Waals surface area contributed by atoms with Gasteiger partial charge in [0.15, 0.2) is 0 Å². The molecule has 0 bridgehead atoms. The fraction of sp³-hybridized carbons (Fsp3) is 0.231. The highest BCUT2D eigenvalue weighted by molar-refractivity contribution is 9.10. The van der Waals surface area contributed by atoms with Crippen LogP contribution in [0.1, 0.15) is 47.2 Å². The molecular weight excluding hydrogens is 420 g/mol. The number of hydrogen-bond acceptors (Lipinski definition) is 2. The molecule has 0 aromatic heterocycles. The van der Waals surface area contributed by atoms with Gasteiger partial charge < -0.3 is 0 Å². The van der Waals surface area contributed by atoms with E-state index < -0.39 is 0 Å². The average Bonchev–Trinajstić information content (AvgIpc) is 2.67. The van der Waals surface area contributed by atoms with Gasteiger partial charge in [-0.2, -0.15) is 0 Å². The number of nitrogens with zero attached hydrogens (tertiary/aromatic N) is 2. The van der Waals surface area contributed by atoms with Crippen molar-refractivity contribution in [2.45, 2.75) is 41.5 Å². The molecule has 0 unspecified atom stereocenters. The summed E-state index contributed by atoms with van der Waals surface area (Å²) in [5, 5.41) is 0. The van der Waals surface area contributed by atoms with Crippen LogP contribution in [0.25, 0.3) is 0 Å². The van der Waals surface area contributed by atoms with Gasteiger partial charge >= 0.3 is 0 Å². The van der Waals surface area contributed by atoms with E-state index in [1.807, 2.05) is 0 Å². The van der Waals surface area contributed by atoms with Gasteiger partial charge in [-0.25, -0.2) is 0 Å². The normalized spacial score (nSPS) is 12.4. The Morgan fingerprint density at radius 1 is 0.586 bits per heavy atom. The molecule has 2 nitrogen and oxygen atoms in total. The Balaban J connectivity index is 2.06. The van der Waals surface area contributed by atoms with Gasteiger partial charge in [-0.3, -0.25) is 9.98 Å². The Morgan fingerprint density at radius 3 is 1.24 bits per heavy atom. The molecule has 0 heterocycles. The first-order valence-corrected chi connectivity index (χ1v) is 10.6. The van der Waals surface area contributed by atoms with Gasteiger partial charge in [0.25, 0.3) is 0 Å². The summed E-state index contributed by atoms with van der Waals surface area (Å²) >= 11 is 3.82. The van der Waals surface area contributed by atoms with Crippen LogP contribution < -0.4 is 0 Å². The van der Waals surface area contributed by atoms with E-state index in [9.17, 15) is 0 Å². The molecule has 0 radical (unpaired) electrons.